The Morgan fingerprint density at radius 3 is 2.20 bits per heavy atom. The first kappa shape index (κ1) is 18.9. The van der Waals surface area contributed by atoms with Crippen molar-refractivity contribution in [1.29, 1.82) is 0 Å². The van der Waals surface area contributed by atoms with Crippen LogP contribution in [-0.4, -0.2) is 27.4 Å². The molecule has 0 atom stereocenters. The molecule has 0 radical (unpaired) electrons. The van der Waals surface area contributed by atoms with Crippen LogP contribution in [0, 0.1) is 17.5 Å². The third-order valence-electron chi connectivity index (χ3n) is 3.33. The maximum Gasteiger partial charge on any atom is 0.240 e. The second kappa shape index (κ2) is 7.66. The fourth-order valence-electron chi connectivity index (χ4n) is 2.14. The molecule has 0 spiro atoms. The second-order valence-corrected chi connectivity index (χ2v) is 6.89. The minimum Gasteiger partial charge on any atom is -0.309 e. The lowest BCUT2D eigenvalue weighted by Crippen LogP contribution is -2.38. The van der Waals surface area contributed by atoms with Gasteiger partial charge >= 0.3 is 0 Å². The highest BCUT2D eigenvalue weighted by atomic mass is 32.2. The average molecular weight is 372 g/mol. The van der Waals surface area contributed by atoms with Crippen molar-refractivity contribution in [2.75, 3.05) is 18.0 Å². The van der Waals surface area contributed by atoms with Crippen molar-refractivity contribution in [3.8, 4) is 0 Å². The zero-order chi connectivity index (χ0) is 18.6. The largest absolute Gasteiger partial charge is 0.309 e. The van der Waals surface area contributed by atoms with Crippen LogP contribution in [0.25, 0.3) is 0 Å². The first-order chi connectivity index (χ1) is 11.7. The Bertz CT molecular complexity index is 871. The van der Waals surface area contributed by atoms with E-state index in [0.717, 1.165) is 41.3 Å². The van der Waals surface area contributed by atoms with Gasteiger partial charge < -0.3 is 4.90 Å². The summed E-state index contributed by atoms with van der Waals surface area (Å²) in [4.78, 5) is 12.5. The standard InChI is InChI=1S/C16H15F3N2O3S/c1-11(22)21(16-7-4-13(18)10-15(16)19)9-8-20-25(23,24)14-5-2-12(17)3-6-14/h2-7,10,20H,8-9H2,1H3. The number of benzene rings is 2. The van der Waals surface area contributed by atoms with Gasteiger partial charge in [0.2, 0.25) is 15.9 Å². The Hall–Kier alpha value is -2.39. The van der Waals surface area contributed by atoms with Crippen molar-refractivity contribution < 1.29 is 26.4 Å². The van der Waals surface area contributed by atoms with Crippen LogP contribution in [0.2, 0.25) is 0 Å². The normalized spacial score (nSPS) is 11.4. The molecule has 2 rings (SSSR count). The summed E-state index contributed by atoms with van der Waals surface area (Å²) in [6, 6.07) is 6.93. The van der Waals surface area contributed by atoms with E-state index >= 15 is 0 Å². The van der Waals surface area contributed by atoms with Gasteiger partial charge in [-0.25, -0.2) is 26.3 Å². The van der Waals surface area contributed by atoms with Gasteiger partial charge in [0.25, 0.3) is 0 Å². The number of nitrogens with one attached hydrogen (secondary N) is 1. The number of anilines is 1. The highest BCUT2D eigenvalue weighted by molar-refractivity contribution is 7.89. The summed E-state index contributed by atoms with van der Waals surface area (Å²) in [5.74, 6) is -2.83. The van der Waals surface area contributed by atoms with Crippen LogP contribution < -0.4 is 9.62 Å². The Morgan fingerprint density at radius 2 is 1.64 bits per heavy atom. The molecule has 0 aliphatic heterocycles. The molecule has 5 nitrogen and oxygen atoms in total. The lowest BCUT2D eigenvalue weighted by Gasteiger charge is -2.22. The van der Waals surface area contributed by atoms with E-state index in [0.29, 0.717) is 6.07 Å². The average Bonchev–Trinajstić information content (AvgIpc) is 2.52. The van der Waals surface area contributed by atoms with Gasteiger partial charge in [-0.3, -0.25) is 4.79 Å². The van der Waals surface area contributed by atoms with Crippen molar-refractivity contribution in [2.45, 2.75) is 11.8 Å². The smallest absolute Gasteiger partial charge is 0.240 e. The van der Waals surface area contributed by atoms with Crippen LogP contribution in [0.3, 0.4) is 0 Å². The van der Waals surface area contributed by atoms with Gasteiger partial charge in [0, 0.05) is 26.1 Å². The maximum atomic E-state index is 13.8. The lowest BCUT2D eigenvalue weighted by atomic mass is 10.2. The van der Waals surface area contributed by atoms with Gasteiger partial charge in [-0.05, 0) is 36.4 Å². The van der Waals surface area contributed by atoms with E-state index in [1.54, 1.807) is 0 Å². The van der Waals surface area contributed by atoms with Crippen LogP contribution in [-0.2, 0) is 14.8 Å². The molecule has 0 fully saturated rings. The van der Waals surface area contributed by atoms with E-state index in [4.69, 9.17) is 0 Å². The van der Waals surface area contributed by atoms with Crippen molar-refractivity contribution in [2.24, 2.45) is 0 Å². The lowest BCUT2D eigenvalue weighted by molar-refractivity contribution is -0.116. The number of carbonyl (C=O) groups excluding carboxylic acids is 1. The van der Waals surface area contributed by atoms with Crippen LogP contribution in [0.15, 0.2) is 47.4 Å². The summed E-state index contributed by atoms with van der Waals surface area (Å²) in [5.41, 5.74) is -0.158. The van der Waals surface area contributed by atoms with Gasteiger partial charge in [-0.2, -0.15) is 0 Å². The number of rotatable bonds is 6. The summed E-state index contributed by atoms with van der Waals surface area (Å²) in [6.07, 6.45) is 0. The molecule has 134 valence electrons. The number of halogens is 3. The molecule has 2 aromatic carbocycles. The van der Waals surface area contributed by atoms with Gasteiger partial charge in [0.15, 0.2) is 0 Å². The van der Waals surface area contributed by atoms with E-state index in [1.165, 1.54) is 6.92 Å². The highest BCUT2D eigenvalue weighted by Gasteiger charge is 2.18. The molecular formula is C16H15F3N2O3S. The summed E-state index contributed by atoms with van der Waals surface area (Å²) in [6.45, 7) is 0.797. The zero-order valence-electron chi connectivity index (χ0n) is 13.2. The minimum absolute atomic E-state index is 0.142. The quantitative estimate of drug-likeness (QED) is 0.847. The molecule has 0 bridgehead atoms. The maximum absolute atomic E-state index is 13.8. The Morgan fingerprint density at radius 1 is 1.04 bits per heavy atom. The first-order valence-electron chi connectivity index (χ1n) is 7.19. The molecule has 0 saturated heterocycles. The molecule has 0 heterocycles. The number of amides is 1. The number of carbonyl (C=O) groups is 1. The van der Waals surface area contributed by atoms with Gasteiger partial charge in [0.05, 0.1) is 10.6 Å². The molecule has 25 heavy (non-hydrogen) atoms. The van der Waals surface area contributed by atoms with Crippen LogP contribution >= 0.6 is 0 Å². The Kier molecular flexibility index (Phi) is 5.81. The summed E-state index contributed by atoms with van der Waals surface area (Å²) in [7, 11) is -3.91. The fraction of sp³-hybridized carbons (Fsp3) is 0.188. The topological polar surface area (TPSA) is 66.5 Å². The van der Waals surface area contributed by atoms with Crippen molar-refractivity contribution >= 4 is 21.6 Å². The zero-order valence-corrected chi connectivity index (χ0v) is 14.0. The summed E-state index contributed by atoms with van der Waals surface area (Å²) < 4.78 is 66.0. The summed E-state index contributed by atoms with van der Waals surface area (Å²) in [5, 5.41) is 0. The molecular weight excluding hydrogens is 357 g/mol. The fourth-order valence-corrected chi connectivity index (χ4v) is 3.16. The first-order valence-corrected chi connectivity index (χ1v) is 8.67. The Labute approximate surface area is 143 Å². The molecule has 1 amide bonds. The SMILES string of the molecule is CC(=O)N(CCNS(=O)(=O)c1ccc(F)cc1)c1ccc(F)cc1F. The van der Waals surface area contributed by atoms with E-state index in [9.17, 15) is 26.4 Å². The van der Waals surface area contributed by atoms with E-state index < -0.39 is 33.4 Å². The second-order valence-electron chi connectivity index (χ2n) is 5.12. The predicted molar refractivity (Wildman–Crippen MR) is 86.0 cm³/mol. The van der Waals surface area contributed by atoms with Gasteiger partial charge in [-0.15, -0.1) is 0 Å². The Balaban J connectivity index is 2.09. The van der Waals surface area contributed by atoms with Gasteiger partial charge in [0.1, 0.15) is 17.5 Å². The molecule has 0 aliphatic carbocycles. The van der Waals surface area contributed by atoms with E-state index in [2.05, 4.69) is 4.72 Å². The van der Waals surface area contributed by atoms with Crippen molar-refractivity contribution in [1.82, 2.24) is 4.72 Å². The third kappa shape index (κ3) is 4.80. The number of sulfonamides is 1. The number of nitrogens with zero attached hydrogens (tertiary/aromatic N) is 1. The molecule has 0 unspecified atom stereocenters. The minimum atomic E-state index is -3.91. The molecule has 0 saturated carbocycles. The van der Waals surface area contributed by atoms with Crippen molar-refractivity contribution in [3.05, 3.63) is 59.9 Å². The van der Waals surface area contributed by atoms with Crippen LogP contribution in [0.5, 0.6) is 0 Å². The third-order valence-corrected chi connectivity index (χ3v) is 4.81. The number of hydrogen-bond donors (Lipinski definition) is 1. The van der Waals surface area contributed by atoms with E-state index in [-0.39, 0.29) is 23.7 Å². The summed E-state index contributed by atoms with van der Waals surface area (Å²) >= 11 is 0. The van der Waals surface area contributed by atoms with Crippen molar-refractivity contribution in [3.63, 3.8) is 0 Å². The molecule has 9 heteroatoms. The number of hydrogen-bond acceptors (Lipinski definition) is 3. The van der Waals surface area contributed by atoms with Crippen LogP contribution in [0.4, 0.5) is 18.9 Å². The molecule has 0 aliphatic rings. The van der Waals surface area contributed by atoms with Gasteiger partial charge in [-0.1, -0.05) is 0 Å². The van der Waals surface area contributed by atoms with Crippen LogP contribution in [0.1, 0.15) is 6.92 Å². The molecule has 0 aromatic heterocycles. The molecule has 2 aromatic rings. The predicted octanol–water partition coefficient (Wildman–Crippen LogP) is 2.44. The monoisotopic (exact) mass is 372 g/mol. The molecule has 1 N–H and O–H groups in total. The highest BCUT2D eigenvalue weighted by Crippen LogP contribution is 2.20. The van der Waals surface area contributed by atoms with E-state index in [1.807, 2.05) is 0 Å².